The maximum atomic E-state index is 12.8. The van der Waals surface area contributed by atoms with Gasteiger partial charge in [-0.1, -0.05) is 13.0 Å². The fourth-order valence-electron chi connectivity index (χ4n) is 3.41. The molecule has 1 unspecified atom stereocenters. The number of fused-ring (bicyclic) bond motifs is 1. The standard InChI is InChI=1S/C18H20N4O3/c1-2-13-8-9-15(25-13)14-6-5-11-20(14)17(23)12-22-18(24)21-10-4-3-7-16(21)19-22/h3-4,7-10,14H,2,5-6,11-12H2,1H3. The van der Waals surface area contributed by atoms with Gasteiger partial charge < -0.3 is 9.32 Å². The highest BCUT2D eigenvalue weighted by atomic mass is 16.3. The summed E-state index contributed by atoms with van der Waals surface area (Å²) in [6.07, 6.45) is 4.29. The Morgan fingerprint density at radius 1 is 1.32 bits per heavy atom. The van der Waals surface area contributed by atoms with Crippen molar-refractivity contribution in [3.8, 4) is 0 Å². The number of furan rings is 1. The second kappa shape index (κ2) is 6.23. The van der Waals surface area contributed by atoms with E-state index >= 15 is 0 Å². The van der Waals surface area contributed by atoms with Gasteiger partial charge in [-0.25, -0.2) is 9.48 Å². The zero-order valence-corrected chi connectivity index (χ0v) is 14.1. The minimum Gasteiger partial charge on any atom is -0.464 e. The van der Waals surface area contributed by atoms with Crippen LogP contribution >= 0.6 is 0 Å². The van der Waals surface area contributed by atoms with Gasteiger partial charge in [-0.3, -0.25) is 9.20 Å². The Bertz CT molecular complexity index is 968. The third-order valence-corrected chi connectivity index (χ3v) is 4.71. The molecule has 1 aliphatic heterocycles. The van der Waals surface area contributed by atoms with E-state index in [1.807, 2.05) is 25.1 Å². The van der Waals surface area contributed by atoms with E-state index in [1.165, 1.54) is 9.08 Å². The second-order valence-corrected chi connectivity index (χ2v) is 6.27. The molecule has 3 aromatic heterocycles. The predicted molar refractivity (Wildman–Crippen MR) is 91.2 cm³/mol. The van der Waals surface area contributed by atoms with Crippen molar-refractivity contribution in [2.45, 2.75) is 38.8 Å². The van der Waals surface area contributed by atoms with Crippen molar-refractivity contribution in [2.24, 2.45) is 0 Å². The first-order valence-electron chi connectivity index (χ1n) is 8.59. The molecule has 0 spiro atoms. The van der Waals surface area contributed by atoms with Crippen LogP contribution in [0.5, 0.6) is 0 Å². The van der Waals surface area contributed by atoms with E-state index in [2.05, 4.69) is 5.10 Å². The molecule has 130 valence electrons. The quantitative estimate of drug-likeness (QED) is 0.728. The van der Waals surface area contributed by atoms with Crippen LogP contribution in [-0.4, -0.2) is 31.5 Å². The fraction of sp³-hybridized carbons (Fsp3) is 0.389. The summed E-state index contributed by atoms with van der Waals surface area (Å²) in [5.41, 5.74) is 0.239. The van der Waals surface area contributed by atoms with Crippen molar-refractivity contribution in [3.05, 3.63) is 58.5 Å². The van der Waals surface area contributed by atoms with Crippen molar-refractivity contribution in [1.82, 2.24) is 19.1 Å². The summed E-state index contributed by atoms with van der Waals surface area (Å²) in [5, 5.41) is 4.23. The summed E-state index contributed by atoms with van der Waals surface area (Å²) in [4.78, 5) is 26.9. The predicted octanol–water partition coefficient (Wildman–Crippen LogP) is 2.02. The van der Waals surface area contributed by atoms with Gasteiger partial charge in [-0.05, 0) is 37.1 Å². The van der Waals surface area contributed by atoms with Crippen LogP contribution in [0.15, 0.2) is 45.7 Å². The van der Waals surface area contributed by atoms with Crippen LogP contribution in [0.25, 0.3) is 5.65 Å². The number of amides is 1. The molecule has 3 aromatic rings. The monoisotopic (exact) mass is 340 g/mol. The smallest absolute Gasteiger partial charge is 0.350 e. The number of hydrogen-bond acceptors (Lipinski definition) is 4. The molecule has 4 heterocycles. The molecule has 0 bridgehead atoms. The van der Waals surface area contributed by atoms with E-state index < -0.39 is 0 Å². The van der Waals surface area contributed by atoms with Crippen LogP contribution in [0.2, 0.25) is 0 Å². The molecule has 0 N–H and O–H groups in total. The molecule has 1 amide bonds. The molecule has 1 fully saturated rings. The lowest BCUT2D eigenvalue weighted by Gasteiger charge is -2.23. The number of rotatable bonds is 4. The Hall–Kier alpha value is -2.83. The summed E-state index contributed by atoms with van der Waals surface area (Å²) in [6, 6.07) is 9.18. The Balaban J connectivity index is 1.57. The van der Waals surface area contributed by atoms with Crippen LogP contribution in [-0.2, 0) is 17.8 Å². The molecule has 1 aliphatic rings. The van der Waals surface area contributed by atoms with Gasteiger partial charge in [0.1, 0.15) is 18.1 Å². The Kier molecular flexibility index (Phi) is 3.91. The van der Waals surface area contributed by atoms with Gasteiger partial charge in [0.05, 0.1) is 6.04 Å². The number of nitrogens with zero attached hydrogens (tertiary/aromatic N) is 4. The van der Waals surface area contributed by atoms with Gasteiger partial charge in [0.2, 0.25) is 5.91 Å². The first-order chi connectivity index (χ1) is 12.2. The first kappa shape index (κ1) is 15.7. The number of carbonyl (C=O) groups excluding carboxylic acids is 1. The number of carbonyl (C=O) groups is 1. The topological polar surface area (TPSA) is 72.8 Å². The van der Waals surface area contributed by atoms with E-state index in [4.69, 9.17) is 4.42 Å². The molecule has 0 radical (unpaired) electrons. The maximum absolute atomic E-state index is 12.8. The average Bonchev–Trinajstić information content (AvgIpc) is 3.34. The highest BCUT2D eigenvalue weighted by Crippen LogP contribution is 2.33. The fourth-order valence-corrected chi connectivity index (χ4v) is 3.41. The van der Waals surface area contributed by atoms with E-state index in [0.717, 1.165) is 30.8 Å². The molecular weight excluding hydrogens is 320 g/mol. The normalized spacial score (nSPS) is 17.5. The maximum Gasteiger partial charge on any atom is 0.350 e. The number of aromatic nitrogens is 3. The zero-order chi connectivity index (χ0) is 17.4. The Labute approximate surface area is 144 Å². The number of aryl methyl sites for hydroxylation is 1. The largest absolute Gasteiger partial charge is 0.464 e. The summed E-state index contributed by atoms with van der Waals surface area (Å²) < 4.78 is 8.51. The molecular formula is C18H20N4O3. The number of pyridine rings is 1. The molecule has 1 atom stereocenters. The average molecular weight is 340 g/mol. The minimum absolute atomic E-state index is 0.0551. The van der Waals surface area contributed by atoms with Crippen molar-refractivity contribution in [3.63, 3.8) is 0 Å². The van der Waals surface area contributed by atoms with Crippen LogP contribution in [0.3, 0.4) is 0 Å². The lowest BCUT2D eigenvalue weighted by molar-refractivity contribution is -0.133. The van der Waals surface area contributed by atoms with Gasteiger partial charge in [0, 0.05) is 19.2 Å². The van der Waals surface area contributed by atoms with Crippen LogP contribution < -0.4 is 5.69 Å². The first-order valence-corrected chi connectivity index (χ1v) is 8.59. The summed E-state index contributed by atoms with van der Waals surface area (Å²) in [7, 11) is 0. The summed E-state index contributed by atoms with van der Waals surface area (Å²) >= 11 is 0. The molecule has 1 saturated heterocycles. The molecule has 0 aromatic carbocycles. The van der Waals surface area contributed by atoms with Gasteiger partial charge in [0.15, 0.2) is 5.65 Å². The van der Waals surface area contributed by atoms with Crippen LogP contribution in [0.1, 0.15) is 37.3 Å². The van der Waals surface area contributed by atoms with E-state index in [0.29, 0.717) is 12.2 Å². The molecule has 7 nitrogen and oxygen atoms in total. The third kappa shape index (κ3) is 2.75. The molecule has 25 heavy (non-hydrogen) atoms. The SMILES string of the molecule is CCc1ccc(C2CCCN2C(=O)Cn2nc3ccccn3c2=O)o1. The van der Waals surface area contributed by atoms with Gasteiger partial charge >= 0.3 is 5.69 Å². The Morgan fingerprint density at radius 2 is 2.20 bits per heavy atom. The Morgan fingerprint density at radius 3 is 2.96 bits per heavy atom. The van der Waals surface area contributed by atoms with Crippen LogP contribution in [0, 0.1) is 0 Å². The van der Waals surface area contributed by atoms with Crippen LogP contribution in [0.4, 0.5) is 0 Å². The zero-order valence-electron chi connectivity index (χ0n) is 14.1. The van der Waals surface area contributed by atoms with Crippen molar-refractivity contribution < 1.29 is 9.21 Å². The van der Waals surface area contributed by atoms with Gasteiger partial charge in [-0.2, -0.15) is 0 Å². The van der Waals surface area contributed by atoms with E-state index in [-0.39, 0.29) is 24.2 Å². The lowest BCUT2D eigenvalue weighted by Crippen LogP contribution is -2.36. The third-order valence-electron chi connectivity index (χ3n) is 4.71. The summed E-state index contributed by atoms with van der Waals surface area (Å²) in [6.45, 7) is 2.65. The minimum atomic E-state index is -0.300. The molecule has 7 heteroatoms. The van der Waals surface area contributed by atoms with Crippen molar-refractivity contribution >= 4 is 11.6 Å². The number of hydrogen-bond donors (Lipinski definition) is 0. The highest BCUT2D eigenvalue weighted by molar-refractivity contribution is 5.76. The molecule has 4 rings (SSSR count). The van der Waals surface area contributed by atoms with Crippen molar-refractivity contribution in [2.75, 3.05) is 6.54 Å². The lowest BCUT2D eigenvalue weighted by atomic mass is 10.1. The highest BCUT2D eigenvalue weighted by Gasteiger charge is 2.32. The van der Waals surface area contributed by atoms with E-state index in [9.17, 15) is 9.59 Å². The molecule has 0 aliphatic carbocycles. The van der Waals surface area contributed by atoms with E-state index in [1.54, 1.807) is 23.2 Å². The van der Waals surface area contributed by atoms with Gasteiger partial charge in [0.25, 0.3) is 0 Å². The molecule has 0 saturated carbocycles. The van der Waals surface area contributed by atoms with Gasteiger partial charge in [-0.15, -0.1) is 5.10 Å². The van der Waals surface area contributed by atoms with Crippen molar-refractivity contribution in [1.29, 1.82) is 0 Å². The summed E-state index contributed by atoms with van der Waals surface area (Å²) in [5.74, 6) is 1.64. The second-order valence-electron chi connectivity index (χ2n) is 6.27. The number of likely N-dealkylation sites (tertiary alicyclic amines) is 1.